The SMILES string of the molecule is CC(C)(C)C(C#N)OC(=O)c1cccc(F)c1. The van der Waals surface area contributed by atoms with E-state index in [2.05, 4.69) is 0 Å². The van der Waals surface area contributed by atoms with Gasteiger partial charge in [-0.05, 0) is 18.2 Å². The molecule has 1 aromatic carbocycles. The molecule has 1 aromatic rings. The van der Waals surface area contributed by atoms with Crippen molar-refractivity contribution >= 4 is 5.97 Å². The monoisotopic (exact) mass is 235 g/mol. The van der Waals surface area contributed by atoms with Gasteiger partial charge in [0.15, 0.2) is 6.10 Å². The molecule has 0 aromatic heterocycles. The number of esters is 1. The molecule has 3 nitrogen and oxygen atoms in total. The van der Waals surface area contributed by atoms with Crippen LogP contribution in [0.2, 0.25) is 0 Å². The van der Waals surface area contributed by atoms with Crippen LogP contribution in [0.15, 0.2) is 24.3 Å². The van der Waals surface area contributed by atoms with Crippen molar-refractivity contribution in [1.82, 2.24) is 0 Å². The van der Waals surface area contributed by atoms with Crippen molar-refractivity contribution in [3.8, 4) is 6.07 Å². The minimum atomic E-state index is -0.863. The molecule has 0 amide bonds. The van der Waals surface area contributed by atoms with E-state index in [0.717, 1.165) is 6.07 Å². The van der Waals surface area contributed by atoms with Crippen LogP contribution in [0.5, 0.6) is 0 Å². The minimum absolute atomic E-state index is 0.106. The van der Waals surface area contributed by atoms with E-state index in [-0.39, 0.29) is 5.56 Å². The van der Waals surface area contributed by atoms with Gasteiger partial charge >= 0.3 is 5.97 Å². The van der Waals surface area contributed by atoms with E-state index in [4.69, 9.17) is 10.00 Å². The van der Waals surface area contributed by atoms with E-state index in [1.807, 2.05) is 6.07 Å². The number of halogens is 1. The molecule has 0 saturated carbocycles. The van der Waals surface area contributed by atoms with Crippen LogP contribution in [-0.4, -0.2) is 12.1 Å². The highest BCUT2D eigenvalue weighted by atomic mass is 19.1. The average molecular weight is 235 g/mol. The fraction of sp³-hybridized carbons (Fsp3) is 0.385. The lowest BCUT2D eigenvalue weighted by Gasteiger charge is -2.24. The summed E-state index contributed by atoms with van der Waals surface area (Å²) in [6.07, 6.45) is -0.863. The molecule has 0 aliphatic heterocycles. The Morgan fingerprint density at radius 3 is 2.59 bits per heavy atom. The molecule has 1 unspecified atom stereocenters. The first-order chi connectivity index (χ1) is 7.84. The fourth-order valence-electron chi connectivity index (χ4n) is 1.19. The molecule has 0 heterocycles. The molecule has 90 valence electrons. The van der Waals surface area contributed by atoms with Crippen LogP contribution in [0.25, 0.3) is 0 Å². The second kappa shape index (κ2) is 4.96. The molecule has 0 fully saturated rings. The quantitative estimate of drug-likeness (QED) is 0.740. The second-order valence-electron chi connectivity index (χ2n) is 4.79. The molecule has 1 rings (SSSR count). The van der Waals surface area contributed by atoms with Crippen LogP contribution in [-0.2, 0) is 4.74 Å². The molecule has 0 saturated heterocycles. The molecule has 0 aliphatic rings. The highest BCUT2D eigenvalue weighted by Gasteiger charge is 2.28. The maximum Gasteiger partial charge on any atom is 0.339 e. The average Bonchev–Trinajstić information content (AvgIpc) is 2.23. The van der Waals surface area contributed by atoms with Crippen molar-refractivity contribution < 1.29 is 13.9 Å². The molecule has 0 radical (unpaired) electrons. The minimum Gasteiger partial charge on any atom is -0.443 e. The Morgan fingerprint density at radius 1 is 1.47 bits per heavy atom. The first-order valence-corrected chi connectivity index (χ1v) is 5.21. The lowest BCUT2D eigenvalue weighted by molar-refractivity contribution is 0.0172. The largest absolute Gasteiger partial charge is 0.443 e. The van der Waals surface area contributed by atoms with Gasteiger partial charge in [-0.3, -0.25) is 0 Å². The van der Waals surface area contributed by atoms with Crippen molar-refractivity contribution in [2.45, 2.75) is 26.9 Å². The van der Waals surface area contributed by atoms with Crippen LogP contribution in [0.4, 0.5) is 4.39 Å². The smallest absolute Gasteiger partial charge is 0.339 e. The van der Waals surface area contributed by atoms with E-state index in [1.54, 1.807) is 20.8 Å². The molecule has 0 spiro atoms. The second-order valence-corrected chi connectivity index (χ2v) is 4.79. The Balaban J connectivity index is 2.83. The summed E-state index contributed by atoms with van der Waals surface area (Å²) in [5.74, 6) is -1.20. The van der Waals surface area contributed by atoms with Gasteiger partial charge in [0.2, 0.25) is 0 Å². The highest BCUT2D eigenvalue weighted by molar-refractivity contribution is 5.89. The third-order valence-corrected chi connectivity index (χ3v) is 2.19. The Kier molecular flexibility index (Phi) is 3.84. The molecule has 1 atom stereocenters. The number of nitriles is 1. The van der Waals surface area contributed by atoms with Gasteiger partial charge in [0.25, 0.3) is 0 Å². The van der Waals surface area contributed by atoms with Crippen LogP contribution < -0.4 is 0 Å². The molecular weight excluding hydrogens is 221 g/mol. The summed E-state index contributed by atoms with van der Waals surface area (Å²) in [5.41, 5.74) is -0.368. The van der Waals surface area contributed by atoms with Crippen LogP contribution >= 0.6 is 0 Å². The normalized spacial score (nSPS) is 12.6. The Bertz CT molecular complexity index is 457. The number of hydrogen-bond donors (Lipinski definition) is 0. The Labute approximate surface area is 99.8 Å². The van der Waals surface area contributed by atoms with Crippen LogP contribution in [0.1, 0.15) is 31.1 Å². The molecule has 4 heteroatoms. The maximum atomic E-state index is 12.9. The van der Waals surface area contributed by atoms with Gasteiger partial charge in [0, 0.05) is 5.41 Å². The predicted octanol–water partition coefficient (Wildman–Crippen LogP) is 2.92. The zero-order valence-corrected chi connectivity index (χ0v) is 10.0. The summed E-state index contributed by atoms with van der Waals surface area (Å²) in [7, 11) is 0. The van der Waals surface area contributed by atoms with Crippen molar-refractivity contribution in [3.63, 3.8) is 0 Å². The summed E-state index contributed by atoms with van der Waals surface area (Å²) in [4.78, 5) is 11.7. The van der Waals surface area contributed by atoms with E-state index in [0.29, 0.717) is 0 Å². The summed E-state index contributed by atoms with van der Waals surface area (Å²) in [5, 5.41) is 8.91. The standard InChI is InChI=1S/C13H14FNO2/c1-13(2,3)11(8-15)17-12(16)9-5-4-6-10(14)7-9/h4-7,11H,1-3H3. The number of carbonyl (C=O) groups is 1. The molecular formula is C13H14FNO2. The predicted molar refractivity (Wildman–Crippen MR) is 60.7 cm³/mol. The van der Waals surface area contributed by atoms with Crippen LogP contribution in [0, 0.1) is 22.6 Å². The van der Waals surface area contributed by atoms with Crippen molar-refractivity contribution in [2.24, 2.45) is 5.41 Å². The van der Waals surface area contributed by atoms with E-state index in [1.165, 1.54) is 18.2 Å². The third kappa shape index (κ3) is 3.56. The van der Waals surface area contributed by atoms with Gasteiger partial charge in [0.05, 0.1) is 5.56 Å². The lowest BCUT2D eigenvalue weighted by Crippen LogP contribution is -2.30. The number of nitrogens with zero attached hydrogens (tertiary/aromatic N) is 1. The fourth-order valence-corrected chi connectivity index (χ4v) is 1.19. The van der Waals surface area contributed by atoms with Gasteiger partial charge in [-0.2, -0.15) is 5.26 Å². The summed E-state index contributed by atoms with van der Waals surface area (Å²) in [6.45, 7) is 5.37. The highest BCUT2D eigenvalue weighted by Crippen LogP contribution is 2.22. The zero-order valence-electron chi connectivity index (χ0n) is 10.0. The first kappa shape index (κ1) is 13.2. The maximum absolute atomic E-state index is 12.9. The zero-order chi connectivity index (χ0) is 13.1. The van der Waals surface area contributed by atoms with Crippen molar-refractivity contribution in [2.75, 3.05) is 0 Å². The van der Waals surface area contributed by atoms with E-state index < -0.39 is 23.3 Å². The topological polar surface area (TPSA) is 50.1 Å². The molecule has 0 bridgehead atoms. The number of ether oxygens (including phenoxy) is 1. The van der Waals surface area contributed by atoms with E-state index >= 15 is 0 Å². The number of rotatable bonds is 2. The van der Waals surface area contributed by atoms with Crippen molar-refractivity contribution in [3.05, 3.63) is 35.6 Å². The summed E-state index contributed by atoms with van der Waals surface area (Å²) >= 11 is 0. The summed E-state index contributed by atoms with van der Waals surface area (Å²) in [6, 6.07) is 7.11. The summed E-state index contributed by atoms with van der Waals surface area (Å²) < 4.78 is 17.9. The number of benzene rings is 1. The Hall–Kier alpha value is -1.89. The number of hydrogen-bond acceptors (Lipinski definition) is 3. The lowest BCUT2D eigenvalue weighted by atomic mass is 9.90. The van der Waals surface area contributed by atoms with Gasteiger partial charge in [0.1, 0.15) is 11.9 Å². The first-order valence-electron chi connectivity index (χ1n) is 5.21. The molecule has 0 N–H and O–H groups in total. The van der Waals surface area contributed by atoms with E-state index in [9.17, 15) is 9.18 Å². The van der Waals surface area contributed by atoms with Gasteiger partial charge in [-0.25, -0.2) is 9.18 Å². The number of carbonyl (C=O) groups excluding carboxylic acids is 1. The Morgan fingerprint density at radius 2 is 2.12 bits per heavy atom. The van der Waals surface area contributed by atoms with Gasteiger partial charge in [-0.15, -0.1) is 0 Å². The molecule has 17 heavy (non-hydrogen) atoms. The van der Waals surface area contributed by atoms with Crippen LogP contribution in [0.3, 0.4) is 0 Å². The van der Waals surface area contributed by atoms with Crippen molar-refractivity contribution in [1.29, 1.82) is 5.26 Å². The molecule has 0 aliphatic carbocycles. The van der Waals surface area contributed by atoms with Gasteiger partial charge < -0.3 is 4.74 Å². The third-order valence-electron chi connectivity index (χ3n) is 2.19. The van der Waals surface area contributed by atoms with Gasteiger partial charge in [-0.1, -0.05) is 26.8 Å².